The second kappa shape index (κ2) is 20.8. The molecule has 0 aromatic heterocycles. The zero-order chi connectivity index (χ0) is 45.4. The topological polar surface area (TPSA) is 144 Å². The van der Waals surface area contributed by atoms with E-state index in [1.54, 1.807) is 43.7 Å². The van der Waals surface area contributed by atoms with Gasteiger partial charge in [-0.1, -0.05) is 56.9 Å². The summed E-state index contributed by atoms with van der Waals surface area (Å²) in [5.74, 6) is 0.384. The molecule has 0 bridgehead atoms. The summed E-state index contributed by atoms with van der Waals surface area (Å²) in [6.45, 7) is 8.86. The minimum atomic E-state index is -0.306. The van der Waals surface area contributed by atoms with Crippen LogP contribution in [0.1, 0.15) is 70.5 Å². The number of hydrogen-bond donors (Lipinski definition) is 1. The molecule has 4 aromatic carbocycles. The zero-order valence-electron chi connectivity index (χ0n) is 36.9. The molecule has 14 nitrogen and oxygen atoms in total. The fraction of sp³-hybridized carbons (Fsp3) is 0.333. The number of likely N-dealkylation sites (tertiary alicyclic amines) is 1. The molecule has 1 aliphatic carbocycles. The molecule has 1 fully saturated rings. The standard InChI is InChI=1S/C48H53N5O9S2/c1-48(2,64-63-7)30-53(61-62-58-6)36-19-31(28-59-44-25-40(49-3)38(23-43(44)55)47(56)52-17-16-33-12-8-11-15-42(33)52)18-32(20-36)29-60-46-24-39(35(27-54)22-45(46)57-5)50-26-37-21-34-13-9-10-14-41(34)51(37)4/h9-10,12-15,18-20,22-27,37,55H,3,8,11,16-17,21,28-30H2,1-2,4-7H3. The van der Waals surface area contributed by atoms with E-state index in [4.69, 9.17) is 34.1 Å². The molecule has 4 aromatic rings. The van der Waals surface area contributed by atoms with Gasteiger partial charge in [0.1, 0.15) is 13.2 Å². The summed E-state index contributed by atoms with van der Waals surface area (Å²) in [4.78, 5) is 49.4. The highest BCUT2D eigenvalue weighted by molar-refractivity contribution is 8.77. The van der Waals surface area contributed by atoms with Crippen molar-refractivity contribution in [2.24, 2.45) is 9.98 Å². The van der Waals surface area contributed by atoms with Gasteiger partial charge in [0.05, 0.1) is 49.4 Å². The SMILES string of the molecule is C=Nc1cc(OCc2cc(COc3cc(N=CC4Cc5ccccc5N4C)c(C=O)cc3OC)cc(N(CC(C)(C)SSC)OOOC)c2)c(O)cc1C(=O)N1CCC2=CCCC=C21. The van der Waals surface area contributed by atoms with Crippen molar-refractivity contribution in [1.82, 2.24) is 4.90 Å². The van der Waals surface area contributed by atoms with E-state index in [1.165, 1.54) is 31.9 Å². The first-order valence-electron chi connectivity index (χ1n) is 20.8. The smallest absolute Gasteiger partial charge is 0.260 e. The Kier molecular flexibility index (Phi) is 15.0. The second-order valence-corrected chi connectivity index (χ2v) is 19.1. The number of hydrogen-bond acceptors (Lipinski definition) is 15. The second-order valence-electron chi connectivity index (χ2n) is 16.0. The third-order valence-corrected chi connectivity index (χ3v) is 13.7. The molecular weight excluding hydrogens is 855 g/mol. The molecular formula is C48H53N5O9S2. The van der Waals surface area contributed by atoms with Crippen LogP contribution < -0.4 is 24.2 Å². The molecule has 2 aliphatic heterocycles. The lowest BCUT2D eigenvalue weighted by molar-refractivity contribution is -0.507. The average Bonchev–Trinajstić information content (AvgIpc) is 3.88. The molecule has 16 heteroatoms. The molecule has 1 amide bonds. The van der Waals surface area contributed by atoms with E-state index in [9.17, 15) is 14.7 Å². The van der Waals surface area contributed by atoms with Crippen molar-refractivity contribution in [3.05, 3.63) is 118 Å². The van der Waals surface area contributed by atoms with E-state index < -0.39 is 0 Å². The number of likely N-dealkylation sites (N-methyl/N-ethyl adjacent to an activating group) is 1. The molecule has 336 valence electrons. The van der Waals surface area contributed by atoms with Gasteiger partial charge in [0.2, 0.25) is 0 Å². The number of nitrogens with zero attached hydrogens (tertiary/aromatic N) is 5. The molecule has 0 saturated carbocycles. The van der Waals surface area contributed by atoms with E-state index in [-0.39, 0.29) is 52.7 Å². The molecule has 2 heterocycles. The van der Waals surface area contributed by atoms with Crippen LogP contribution in [0.15, 0.2) is 100 Å². The molecule has 1 atom stereocenters. The Morgan fingerprint density at radius 1 is 0.984 bits per heavy atom. The number of aliphatic imine (C=N–C) groups is 2. The minimum absolute atomic E-state index is 0.00973. The van der Waals surface area contributed by atoms with Gasteiger partial charge in [0, 0.05) is 53.6 Å². The zero-order valence-corrected chi connectivity index (χ0v) is 38.5. The first kappa shape index (κ1) is 46.2. The van der Waals surface area contributed by atoms with Crippen LogP contribution in [0.3, 0.4) is 0 Å². The monoisotopic (exact) mass is 907 g/mol. The van der Waals surface area contributed by atoms with Gasteiger partial charge in [-0.2, -0.15) is 0 Å². The number of aldehydes is 1. The summed E-state index contributed by atoms with van der Waals surface area (Å²) in [7, 11) is 8.20. The van der Waals surface area contributed by atoms with Crippen LogP contribution in [0, 0.1) is 0 Å². The van der Waals surface area contributed by atoms with Crippen LogP contribution in [0.5, 0.6) is 23.0 Å². The van der Waals surface area contributed by atoms with E-state index in [1.807, 2.05) is 49.8 Å². The molecule has 1 saturated heterocycles. The first-order chi connectivity index (χ1) is 30.9. The van der Waals surface area contributed by atoms with Gasteiger partial charge in [-0.3, -0.25) is 19.6 Å². The predicted octanol–water partition coefficient (Wildman–Crippen LogP) is 9.94. The number of hydroxylamine groups is 1. The number of phenolic OH excluding ortho intramolecular Hbond substituents is 1. The lowest BCUT2D eigenvalue weighted by atomic mass is 10.0. The molecule has 7 rings (SSSR count). The Hall–Kier alpha value is -5.78. The van der Waals surface area contributed by atoms with Crippen molar-refractivity contribution >= 4 is 69.5 Å². The number of allylic oxidation sites excluding steroid dienone is 3. The maximum absolute atomic E-state index is 13.8. The fourth-order valence-corrected chi connectivity index (χ4v) is 10.2. The van der Waals surface area contributed by atoms with Crippen molar-refractivity contribution in [2.75, 3.05) is 50.6 Å². The van der Waals surface area contributed by atoms with E-state index in [0.29, 0.717) is 52.7 Å². The number of amides is 1. The maximum atomic E-state index is 13.8. The molecule has 1 N–H and O–H groups in total. The summed E-state index contributed by atoms with van der Waals surface area (Å²) in [5.41, 5.74) is 7.77. The van der Waals surface area contributed by atoms with Crippen LogP contribution in [0.4, 0.5) is 22.7 Å². The third-order valence-electron chi connectivity index (χ3n) is 11.1. The summed E-state index contributed by atoms with van der Waals surface area (Å²) >= 11 is 0. The number of carbonyl (C=O) groups excluding carboxylic acids is 2. The molecule has 0 radical (unpaired) electrons. The number of anilines is 2. The van der Waals surface area contributed by atoms with Crippen molar-refractivity contribution in [3.63, 3.8) is 0 Å². The summed E-state index contributed by atoms with van der Waals surface area (Å²) in [6, 6.07) is 20.1. The average molecular weight is 908 g/mol. The Balaban J connectivity index is 1.16. The number of aromatic hydroxyl groups is 1. The number of benzene rings is 4. The van der Waals surface area contributed by atoms with Crippen LogP contribution in [0.2, 0.25) is 0 Å². The highest BCUT2D eigenvalue weighted by atomic mass is 33.1. The molecule has 0 spiro atoms. The van der Waals surface area contributed by atoms with Crippen molar-refractivity contribution in [1.29, 1.82) is 0 Å². The highest BCUT2D eigenvalue weighted by Gasteiger charge is 2.31. The fourth-order valence-electron chi connectivity index (χ4n) is 8.04. The Morgan fingerprint density at radius 2 is 1.72 bits per heavy atom. The largest absolute Gasteiger partial charge is 0.504 e. The van der Waals surface area contributed by atoms with Crippen LogP contribution in [-0.4, -0.2) is 86.5 Å². The van der Waals surface area contributed by atoms with Crippen LogP contribution in [0.25, 0.3) is 0 Å². The van der Waals surface area contributed by atoms with Crippen molar-refractivity contribution < 1.29 is 43.8 Å². The minimum Gasteiger partial charge on any atom is -0.504 e. The van der Waals surface area contributed by atoms with Gasteiger partial charge in [-0.15, -0.1) is 0 Å². The Bertz CT molecular complexity index is 2470. The number of rotatable bonds is 20. The van der Waals surface area contributed by atoms with Gasteiger partial charge < -0.3 is 29.1 Å². The Labute approximate surface area is 381 Å². The first-order valence-corrected chi connectivity index (χ1v) is 23.3. The predicted molar refractivity (Wildman–Crippen MR) is 254 cm³/mol. The Morgan fingerprint density at radius 3 is 2.42 bits per heavy atom. The number of carbonyl (C=O) groups is 2. The molecule has 3 aliphatic rings. The summed E-state index contributed by atoms with van der Waals surface area (Å²) in [6.07, 6.45) is 12.3. The van der Waals surface area contributed by atoms with Gasteiger partial charge in [0.25, 0.3) is 5.91 Å². The highest BCUT2D eigenvalue weighted by Crippen LogP contribution is 2.41. The quantitative estimate of drug-likeness (QED) is 0.0296. The lowest BCUT2D eigenvalue weighted by Gasteiger charge is -2.30. The normalized spacial score (nSPS) is 15.7. The number of methoxy groups -OCH3 is 1. The van der Waals surface area contributed by atoms with E-state index >= 15 is 0 Å². The van der Waals surface area contributed by atoms with Crippen molar-refractivity contribution in [3.8, 4) is 23.0 Å². The maximum Gasteiger partial charge on any atom is 0.260 e. The van der Waals surface area contributed by atoms with Crippen LogP contribution in [-0.2, 0) is 34.5 Å². The third kappa shape index (κ3) is 10.6. The lowest BCUT2D eigenvalue weighted by Crippen LogP contribution is -2.36. The van der Waals surface area contributed by atoms with E-state index in [2.05, 4.69) is 54.7 Å². The summed E-state index contributed by atoms with van der Waals surface area (Å²) < 4.78 is 18.1. The van der Waals surface area contributed by atoms with Gasteiger partial charge in [-0.25, -0.2) is 9.95 Å². The number of phenols is 1. The van der Waals surface area contributed by atoms with Gasteiger partial charge in [-0.05, 0) is 116 Å². The van der Waals surface area contributed by atoms with Gasteiger partial charge >= 0.3 is 0 Å². The summed E-state index contributed by atoms with van der Waals surface area (Å²) in [5, 5.41) is 17.8. The number of fused-ring (bicyclic) bond motifs is 2. The number of para-hydroxylation sites is 1. The van der Waals surface area contributed by atoms with Gasteiger partial charge in [0.15, 0.2) is 29.3 Å². The number of ether oxygens (including phenoxy) is 3. The van der Waals surface area contributed by atoms with Crippen LogP contribution >= 0.6 is 21.6 Å². The van der Waals surface area contributed by atoms with E-state index in [0.717, 1.165) is 48.9 Å². The molecule has 64 heavy (non-hydrogen) atoms. The van der Waals surface area contributed by atoms with Crippen molar-refractivity contribution in [2.45, 2.75) is 63.5 Å². The molecule has 1 unspecified atom stereocenters.